The molecule has 6 heteroatoms. The van der Waals surface area contributed by atoms with Crippen molar-refractivity contribution in [3.8, 4) is 10.6 Å². The number of hydrogen-bond acceptors (Lipinski definition) is 5. The lowest BCUT2D eigenvalue weighted by Gasteiger charge is -2.10. The maximum Gasteiger partial charge on any atom is 0.251 e. The summed E-state index contributed by atoms with van der Waals surface area (Å²) in [6.07, 6.45) is 2.91. The lowest BCUT2D eigenvalue weighted by atomic mass is 10.1. The van der Waals surface area contributed by atoms with Crippen molar-refractivity contribution < 1.29 is 9.53 Å². The van der Waals surface area contributed by atoms with Crippen LogP contribution in [0.2, 0.25) is 0 Å². The highest BCUT2D eigenvalue weighted by Crippen LogP contribution is 2.24. The summed E-state index contributed by atoms with van der Waals surface area (Å²) in [5.74, 6) is -0.0500. The Labute approximate surface area is 133 Å². The Kier molecular flexibility index (Phi) is 4.80. The number of aromatic nitrogens is 2. The van der Waals surface area contributed by atoms with Gasteiger partial charge in [0.05, 0.1) is 12.6 Å². The van der Waals surface area contributed by atoms with Crippen LogP contribution in [-0.2, 0) is 11.2 Å². The Bertz CT molecular complexity index is 633. The van der Waals surface area contributed by atoms with Crippen molar-refractivity contribution in [3.05, 3.63) is 34.8 Å². The molecule has 3 rings (SSSR count). The quantitative estimate of drug-likeness (QED) is 0.921. The first-order chi connectivity index (χ1) is 10.8. The van der Waals surface area contributed by atoms with Gasteiger partial charge in [-0.25, -0.2) is 0 Å². The van der Waals surface area contributed by atoms with E-state index in [-0.39, 0.29) is 11.9 Å². The molecule has 0 radical (unpaired) electrons. The summed E-state index contributed by atoms with van der Waals surface area (Å²) in [4.78, 5) is 12.1. The number of rotatable bonds is 5. The Morgan fingerprint density at radius 1 is 1.36 bits per heavy atom. The third-order valence-electron chi connectivity index (χ3n) is 3.59. The monoisotopic (exact) mass is 317 g/mol. The second kappa shape index (κ2) is 6.98. The molecule has 1 aliphatic rings. The van der Waals surface area contributed by atoms with Crippen LogP contribution in [0.5, 0.6) is 0 Å². The first kappa shape index (κ1) is 15.1. The van der Waals surface area contributed by atoms with Crippen LogP contribution in [0.15, 0.2) is 24.3 Å². The molecule has 116 valence electrons. The van der Waals surface area contributed by atoms with E-state index in [1.54, 1.807) is 11.3 Å². The van der Waals surface area contributed by atoms with Crippen LogP contribution in [-0.4, -0.2) is 35.4 Å². The SMILES string of the molecule is CCCc1nnc(-c2ccc(C(=O)N[C@H]3CCOC3)cc2)s1. The Balaban J connectivity index is 1.67. The molecule has 0 bridgehead atoms. The van der Waals surface area contributed by atoms with Gasteiger partial charge in [-0.1, -0.05) is 30.4 Å². The highest BCUT2D eigenvalue weighted by atomic mass is 32.1. The largest absolute Gasteiger partial charge is 0.379 e. The lowest BCUT2D eigenvalue weighted by molar-refractivity contribution is 0.0930. The molecule has 1 aliphatic heterocycles. The van der Waals surface area contributed by atoms with E-state index in [0.717, 1.165) is 41.4 Å². The second-order valence-electron chi connectivity index (χ2n) is 5.36. The number of amides is 1. The van der Waals surface area contributed by atoms with E-state index in [1.165, 1.54) is 0 Å². The third-order valence-corrected chi connectivity index (χ3v) is 4.62. The topological polar surface area (TPSA) is 64.1 Å². The normalized spacial score (nSPS) is 17.6. The minimum atomic E-state index is -0.0500. The van der Waals surface area contributed by atoms with Crippen LogP contribution in [0.4, 0.5) is 0 Å². The molecule has 1 aromatic carbocycles. The number of nitrogens with one attached hydrogen (secondary N) is 1. The molecule has 0 unspecified atom stereocenters. The number of hydrogen-bond donors (Lipinski definition) is 1. The van der Waals surface area contributed by atoms with Gasteiger partial charge in [0.2, 0.25) is 0 Å². The molecule has 1 N–H and O–H groups in total. The summed E-state index contributed by atoms with van der Waals surface area (Å²) in [6.45, 7) is 3.46. The first-order valence-corrected chi connectivity index (χ1v) is 8.39. The Morgan fingerprint density at radius 2 is 2.18 bits per heavy atom. The van der Waals surface area contributed by atoms with Crippen molar-refractivity contribution in [2.24, 2.45) is 0 Å². The zero-order valence-electron chi connectivity index (χ0n) is 12.5. The van der Waals surface area contributed by atoms with Crippen molar-refractivity contribution in [2.75, 3.05) is 13.2 Å². The van der Waals surface area contributed by atoms with Crippen molar-refractivity contribution in [1.29, 1.82) is 0 Å². The standard InChI is InChI=1S/C16H19N3O2S/c1-2-3-14-18-19-16(22-14)12-6-4-11(5-7-12)15(20)17-13-8-9-21-10-13/h4-7,13H,2-3,8-10H2,1H3,(H,17,20)/t13-/m0/s1. The zero-order chi connectivity index (χ0) is 15.4. The molecule has 1 fully saturated rings. The predicted octanol–water partition coefficient (Wildman–Crippen LogP) is 2.68. The Hall–Kier alpha value is -1.79. The Morgan fingerprint density at radius 3 is 2.86 bits per heavy atom. The zero-order valence-corrected chi connectivity index (χ0v) is 13.4. The summed E-state index contributed by atoms with van der Waals surface area (Å²) in [5.41, 5.74) is 1.66. The van der Waals surface area contributed by atoms with Gasteiger partial charge < -0.3 is 10.1 Å². The minimum Gasteiger partial charge on any atom is -0.379 e. The fourth-order valence-corrected chi connectivity index (χ4v) is 3.31. The van der Waals surface area contributed by atoms with Gasteiger partial charge in [0, 0.05) is 24.2 Å². The highest BCUT2D eigenvalue weighted by Gasteiger charge is 2.18. The molecule has 0 aliphatic carbocycles. The third kappa shape index (κ3) is 3.51. The highest BCUT2D eigenvalue weighted by molar-refractivity contribution is 7.14. The van der Waals surface area contributed by atoms with Gasteiger partial charge in [-0.15, -0.1) is 10.2 Å². The van der Waals surface area contributed by atoms with Crippen LogP contribution in [0.25, 0.3) is 10.6 Å². The maximum atomic E-state index is 12.1. The van der Waals surface area contributed by atoms with E-state index >= 15 is 0 Å². The molecule has 5 nitrogen and oxygen atoms in total. The molecule has 0 spiro atoms. The van der Waals surface area contributed by atoms with Gasteiger partial charge >= 0.3 is 0 Å². The second-order valence-corrected chi connectivity index (χ2v) is 6.42. The summed E-state index contributed by atoms with van der Waals surface area (Å²) in [7, 11) is 0. The molecular formula is C16H19N3O2S. The molecule has 22 heavy (non-hydrogen) atoms. The van der Waals surface area contributed by atoms with E-state index in [4.69, 9.17) is 4.74 Å². The first-order valence-electron chi connectivity index (χ1n) is 7.57. The van der Waals surface area contributed by atoms with E-state index in [2.05, 4.69) is 22.4 Å². The molecular weight excluding hydrogens is 298 g/mol. The molecule has 2 heterocycles. The maximum absolute atomic E-state index is 12.1. The van der Waals surface area contributed by atoms with Gasteiger partial charge in [-0.05, 0) is 25.0 Å². The molecule has 1 aromatic heterocycles. The smallest absolute Gasteiger partial charge is 0.251 e. The van der Waals surface area contributed by atoms with Crippen molar-refractivity contribution in [3.63, 3.8) is 0 Å². The molecule has 1 atom stereocenters. The lowest BCUT2D eigenvalue weighted by Crippen LogP contribution is -2.34. The number of carbonyl (C=O) groups is 1. The molecule has 1 saturated heterocycles. The minimum absolute atomic E-state index is 0.0500. The van der Waals surface area contributed by atoms with Crippen molar-refractivity contribution >= 4 is 17.2 Å². The van der Waals surface area contributed by atoms with Gasteiger partial charge in [0.15, 0.2) is 0 Å². The number of carbonyl (C=O) groups excluding carboxylic acids is 1. The molecule has 1 amide bonds. The average molecular weight is 317 g/mol. The number of aryl methyl sites for hydroxylation is 1. The fraction of sp³-hybridized carbons (Fsp3) is 0.438. The summed E-state index contributed by atoms with van der Waals surface area (Å²) in [5, 5.41) is 13.3. The van der Waals surface area contributed by atoms with E-state index in [0.29, 0.717) is 12.2 Å². The van der Waals surface area contributed by atoms with E-state index in [1.807, 2.05) is 24.3 Å². The number of nitrogens with zero attached hydrogens (tertiary/aromatic N) is 2. The number of ether oxygens (including phenoxy) is 1. The van der Waals surface area contributed by atoms with Crippen LogP contribution < -0.4 is 5.32 Å². The molecule has 0 saturated carbocycles. The van der Waals surface area contributed by atoms with E-state index < -0.39 is 0 Å². The summed E-state index contributed by atoms with van der Waals surface area (Å²) < 4.78 is 5.26. The van der Waals surface area contributed by atoms with Gasteiger partial charge in [-0.2, -0.15) is 0 Å². The van der Waals surface area contributed by atoms with Crippen molar-refractivity contribution in [2.45, 2.75) is 32.2 Å². The van der Waals surface area contributed by atoms with Gasteiger partial charge in [0.1, 0.15) is 10.0 Å². The predicted molar refractivity (Wildman–Crippen MR) is 86.0 cm³/mol. The average Bonchev–Trinajstić information content (AvgIpc) is 3.20. The van der Waals surface area contributed by atoms with Crippen LogP contribution >= 0.6 is 11.3 Å². The number of benzene rings is 1. The summed E-state index contributed by atoms with van der Waals surface area (Å²) >= 11 is 1.61. The molecule has 2 aromatic rings. The van der Waals surface area contributed by atoms with Crippen LogP contribution in [0.1, 0.15) is 35.1 Å². The van der Waals surface area contributed by atoms with Crippen LogP contribution in [0.3, 0.4) is 0 Å². The van der Waals surface area contributed by atoms with Crippen molar-refractivity contribution in [1.82, 2.24) is 15.5 Å². The van der Waals surface area contributed by atoms with Gasteiger partial charge in [0.25, 0.3) is 5.91 Å². The van der Waals surface area contributed by atoms with E-state index in [9.17, 15) is 4.79 Å². The van der Waals surface area contributed by atoms with Gasteiger partial charge in [-0.3, -0.25) is 4.79 Å². The van der Waals surface area contributed by atoms with Crippen LogP contribution in [0, 0.1) is 0 Å². The fourth-order valence-electron chi connectivity index (χ4n) is 2.37. The summed E-state index contributed by atoms with van der Waals surface area (Å²) in [6, 6.07) is 7.65.